The van der Waals surface area contributed by atoms with Crippen LogP contribution in [0.5, 0.6) is 0 Å². The standard InChI is InChI=1S/C20H19ClN4O4S/c1-13(26)14-8-9-18(17(12-14)25(27)28)30-20-23-22-19(24(20)10-5-11-29-2)15-6-3-4-7-16(15)21/h3-4,6-9,12H,5,10-11H2,1-2H3. The molecule has 30 heavy (non-hydrogen) atoms. The molecular formula is C20H19ClN4O4S. The van der Waals surface area contributed by atoms with E-state index in [9.17, 15) is 14.9 Å². The number of rotatable bonds is 9. The predicted molar refractivity (Wildman–Crippen MR) is 114 cm³/mol. The van der Waals surface area contributed by atoms with Gasteiger partial charge in [-0.3, -0.25) is 14.9 Å². The summed E-state index contributed by atoms with van der Waals surface area (Å²) >= 11 is 7.46. The van der Waals surface area contributed by atoms with Crippen LogP contribution in [0.25, 0.3) is 11.4 Å². The van der Waals surface area contributed by atoms with Gasteiger partial charge in [0.15, 0.2) is 16.8 Å². The molecular weight excluding hydrogens is 428 g/mol. The van der Waals surface area contributed by atoms with E-state index in [2.05, 4.69) is 10.2 Å². The zero-order chi connectivity index (χ0) is 21.7. The monoisotopic (exact) mass is 446 g/mol. The van der Waals surface area contributed by atoms with E-state index in [0.29, 0.717) is 40.5 Å². The Morgan fingerprint density at radius 3 is 2.70 bits per heavy atom. The lowest BCUT2D eigenvalue weighted by Gasteiger charge is -2.11. The van der Waals surface area contributed by atoms with Crippen molar-refractivity contribution in [2.45, 2.75) is 29.9 Å². The van der Waals surface area contributed by atoms with Gasteiger partial charge in [-0.25, -0.2) is 0 Å². The van der Waals surface area contributed by atoms with Crippen molar-refractivity contribution in [2.24, 2.45) is 0 Å². The number of hydrogen-bond donors (Lipinski definition) is 0. The third-order valence-corrected chi connectivity index (χ3v) is 5.70. The van der Waals surface area contributed by atoms with Gasteiger partial charge < -0.3 is 9.30 Å². The molecule has 0 atom stereocenters. The van der Waals surface area contributed by atoms with Gasteiger partial charge in [-0.2, -0.15) is 0 Å². The predicted octanol–water partition coefficient (Wildman–Crippen LogP) is 4.90. The van der Waals surface area contributed by atoms with E-state index in [0.717, 1.165) is 17.3 Å². The lowest BCUT2D eigenvalue weighted by Crippen LogP contribution is -2.05. The van der Waals surface area contributed by atoms with Crippen LogP contribution >= 0.6 is 23.4 Å². The average Bonchev–Trinajstić information content (AvgIpc) is 3.10. The summed E-state index contributed by atoms with van der Waals surface area (Å²) in [5, 5.41) is 21.1. The lowest BCUT2D eigenvalue weighted by atomic mass is 10.1. The van der Waals surface area contributed by atoms with Crippen LogP contribution in [-0.2, 0) is 11.3 Å². The lowest BCUT2D eigenvalue weighted by molar-refractivity contribution is -0.387. The Labute approximate surface area is 182 Å². The van der Waals surface area contributed by atoms with Crippen molar-refractivity contribution in [1.29, 1.82) is 0 Å². The molecule has 8 nitrogen and oxygen atoms in total. The van der Waals surface area contributed by atoms with Gasteiger partial charge in [0.25, 0.3) is 5.69 Å². The van der Waals surface area contributed by atoms with Gasteiger partial charge in [-0.15, -0.1) is 10.2 Å². The van der Waals surface area contributed by atoms with Crippen molar-refractivity contribution in [3.8, 4) is 11.4 Å². The third-order valence-electron chi connectivity index (χ3n) is 4.33. The summed E-state index contributed by atoms with van der Waals surface area (Å²) in [4.78, 5) is 23.0. The van der Waals surface area contributed by atoms with Crippen LogP contribution < -0.4 is 0 Å². The normalized spacial score (nSPS) is 10.9. The molecule has 1 aromatic heterocycles. The molecule has 10 heteroatoms. The number of carbonyl (C=O) groups excluding carboxylic acids is 1. The number of ether oxygens (including phenoxy) is 1. The molecule has 0 N–H and O–H groups in total. The number of aromatic nitrogens is 3. The SMILES string of the molecule is COCCCn1c(Sc2ccc(C(C)=O)cc2[N+](=O)[O-])nnc1-c1ccccc1Cl. The summed E-state index contributed by atoms with van der Waals surface area (Å²) in [6.45, 7) is 2.45. The molecule has 0 unspecified atom stereocenters. The molecule has 0 fully saturated rings. The highest BCUT2D eigenvalue weighted by molar-refractivity contribution is 7.99. The van der Waals surface area contributed by atoms with Gasteiger partial charge in [-0.05, 0) is 49.4 Å². The minimum Gasteiger partial charge on any atom is -0.385 e. The molecule has 156 valence electrons. The van der Waals surface area contributed by atoms with Gasteiger partial charge in [0, 0.05) is 37.5 Å². The average molecular weight is 447 g/mol. The van der Waals surface area contributed by atoms with Gasteiger partial charge in [-0.1, -0.05) is 23.7 Å². The van der Waals surface area contributed by atoms with Gasteiger partial charge in [0.1, 0.15) is 0 Å². The molecule has 3 aromatic rings. The van der Waals surface area contributed by atoms with E-state index in [1.54, 1.807) is 25.3 Å². The Morgan fingerprint density at radius 1 is 1.27 bits per heavy atom. The highest BCUT2D eigenvalue weighted by Gasteiger charge is 2.22. The Morgan fingerprint density at radius 2 is 2.03 bits per heavy atom. The highest BCUT2D eigenvalue weighted by atomic mass is 35.5. The van der Waals surface area contributed by atoms with E-state index in [4.69, 9.17) is 16.3 Å². The first-order valence-corrected chi connectivity index (χ1v) is 10.3. The summed E-state index contributed by atoms with van der Waals surface area (Å²) in [5.41, 5.74) is 0.847. The van der Waals surface area contributed by atoms with Crippen molar-refractivity contribution in [2.75, 3.05) is 13.7 Å². The number of carbonyl (C=O) groups is 1. The van der Waals surface area contributed by atoms with E-state index >= 15 is 0 Å². The van der Waals surface area contributed by atoms with Crippen LogP contribution in [0.15, 0.2) is 52.5 Å². The second kappa shape index (κ2) is 9.84. The van der Waals surface area contributed by atoms with Crippen molar-refractivity contribution >= 4 is 34.8 Å². The van der Waals surface area contributed by atoms with E-state index < -0.39 is 4.92 Å². The number of nitro groups is 1. The van der Waals surface area contributed by atoms with Crippen LogP contribution in [0.2, 0.25) is 5.02 Å². The summed E-state index contributed by atoms with van der Waals surface area (Å²) in [5.74, 6) is 0.334. The topological polar surface area (TPSA) is 100 Å². The van der Waals surface area contributed by atoms with Gasteiger partial charge in [0.2, 0.25) is 0 Å². The first-order chi connectivity index (χ1) is 14.4. The van der Waals surface area contributed by atoms with Crippen LogP contribution in [0.4, 0.5) is 5.69 Å². The molecule has 0 aliphatic rings. The van der Waals surface area contributed by atoms with E-state index in [1.165, 1.54) is 13.0 Å². The van der Waals surface area contributed by atoms with E-state index in [-0.39, 0.29) is 17.0 Å². The summed E-state index contributed by atoms with van der Waals surface area (Å²) in [6.07, 6.45) is 0.699. The van der Waals surface area contributed by atoms with Crippen LogP contribution in [0, 0.1) is 10.1 Å². The number of nitrogens with zero attached hydrogens (tertiary/aromatic N) is 4. The maximum atomic E-state index is 11.6. The molecule has 0 saturated carbocycles. The van der Waals surface area contributed by atoms with Gasteiger partial charge in [0.05, 0.1) is 14.8 Å². The van der Waals surface area contributed by atoms with Crippen LogP contribution in [0.1, 0.15) is 23.7 Å². The fourth-order valence-corrected chi connectivity index (χ4v) is 4.00. The Kier molecular flexibility index (Phi) is 7.20. The minimum atomic E-state index is -0.505. The van der Waals surface area contributed by atoms with Crippen LogP contribution in [0.3, 0.4) is 0 Å². The van der Waals surface area contributed by atoms with Crippen molar-refractivity contribution < 1.29 is 14.5 Å². The summed E-state index contributed by atoms with van der Waals surface area (Å²) in [6, 6.07) is 11.7. The van der Waals surface area contributed by atoms with Crippen molar-refractivity contribution in [1.82, 2.24) is 14.8 Å². The maximum absolute atomic E-state index is 11.6. The highest BCUT2D eigenvalue weighted by Crippen LogP contribution is 2.37. The fourth-order valence-electron chi connectivity index (χ4n) is 2.84. The molecule has 1 heterocycles. The molecule has 0 bridgehead atoms. The number of benzene rings is 2. The molecule has 2 aromatic carbocycles. The maximum Gasteiger partial charge on any atom is 0.284 e. The number of nitro benzene ring substituents is 1. The number of methoxy groups -OCH3 is 1. The van der Waals surface area contributed by atoms with E-state index in [1.807, 2.05) is 22.8 Å². The molecule has 0 spiro atoms. The number of hydrogen-bond acceptors (Lipinski definition) is 7. The third kappa shape index (κ3) is 4.86. The summed E-state index contributed by atoms with van der Waals surface area (Å²) in [7, 11) is 1.62. The molecule has 0 aliphatic heterocycles. The first kappa shape index (κ1) is 21.9. The number of ketones is 1. The Balaban J connectivity index is 2.03. The smallest absolute Gasteiger partial charge is 0.284 e. The van der Waals surface area contributed by atoms with Crippen molar-refractivity contribution in [3.05, 3.63) is 63.2 Å². The number of Topliss-reactive ketones (excluding diaryl/α,β-unsaturated/α-hetero) is 1. The fraction of sp³-hybridized carbons (Fsp3) is 0.250. The zero-order valence-corrected chi connectivity index (χ0v) is 17.9. The second-order valence-corrected chi connectivity index (χ2v) is 7.80. The Bertz CT molecular complexity index is 1090. The molecule has 0 aliphatic carbocycles. The molecule has 0 radical (unpaired) electrons. The van der Waals surface area contributed by atoms with Gasteiger partial charge >= 0.3 is 0 Å². The minimum absolute atomic E-state index is 0.154. The van der Waals surface area contributed by atoms with Crippen LogP contribution in [-0.4, -0.2) is 39.2 Å². The number of halogens is 1. The molecule has 0 saturated heterocycles. The first-order valence-electron chi connectivity index (χ1n) is 9.06. The zero-order valence-electron chi connectivity index (χ0n) is 16.4. The largest absolute Gasteiger partial charge is 0.385 e. The molecule has 0 amide bonds. The molecule has 3 rings (SSSR count). The Hall–Kier alpha value is -2.75. The second-order valence-electron chi connectivity index (χ2n) is 6.38. The summed E-state index contributed by atoms with van der Waals surface area (Å²) < 4.78 is 7.01. The van der Waals surface area contributed by atoms with Crippen molar-refractivity contribution in [3.63, 3.8) is 0 Å². The quantitative estimate of drug-likeness (QED) is 0.199.